The van der Waals surface area contributed by atoms with Crippen molar-refractivity contribution in [3.05, 3.63) is 0 Å². The van der Waals surface area contributed by atoms with Crippen LogP contribution in [0.3, 0.4) is 0 Å². The second-order valence-corrected chi connectivity index (χ2v) is 5.85. The average Bonchev–Trinajstić information content (AvgIpc) is 2.77. The Labute approximate surface area is 99.7 Å². The highest BCUT2D eigenvalue weighted by molar-refractivity contribution is 8.14. The van der Waals surface area contributed by atoms with Crippen molar-refractivity contribution in [3.63, 3.8) is 0 Å². The molecule has 2 fully saturated rings. The highest BCUT2D eigenvalue weighted by Crippen LogP contribution is 2.25. The molecule has 2 heterocycles. The summed E-state index contributed by atoms with van der Waals surface area (Å²) in [6.07, 6.45) is 2.86. The van der Waals surface area contributed by atoms with E-state index < -0.39 is 0 Å². The van der Waals surface area contributed by atoms with Gasteiger partial charge < -0.3 is 9.64 Å². The number of likely N-dealkylation sites (tertiary alicyclic amines) is 1. The van der Waals surface area contributed by atoms with E-state index in [2.05, 4.69) is 0 Å². The van der Waals surface area contributed by atoms with Gasteiger partial charge in [0.25, 0.3) is 0 Å². The van der Waals surface area contributed by atoms with E-state index in [-0.39, 0.29) is 22.4 Å². The molecule has 0 N–H and O–H groups in total. The number of thioether (sulfide) groups is 1. The van der Waals surface area contributed by atoms with Crippen molar-refractivity contribution < 1.29 is 14.3 Å². The van der Waals surface area contributed by atoms with Gasteiger partial charge >= 0.3 is 0 Å². The van der Waals surface area contributed by atoms with Crippen molar-refractivity contribution in [1.29, 1.82) is 0 Å². The second-order valence-electron chi connectivity index (χ2n) is 4.37. The molecule has 2 aliphatic rings. The summed E-state index contributed by atoms with van der Waals surface area (Å²) in [5.74, 6) is 0.161. The van der Waals surface area contributed by atoms with E-state index in [4.69, 9.17) is 4.74 Å². The standard InChI is InChI=1S/C11H17NO3S/c1-8(13)16-10-5-11(14)12(7-10)6-9-3-2-4-15-9/h9-10H,2-7H2,1H3. The van der Waals surface area contributed by atoms with Crippen LogP contribution in [0.25, 0.3) is 0 Å². The van der Waals surface area contributed by atoms with Gasteiger partial charge in [-0.25, -0.2) is 0 Å². The molecule has 0 aromatic rings. The minimum Gasteiger partial charge on any atom is -0.376 e. The SMILES string of the molecule is CC(=O)SC1CC(=O)N(CC2CCCO2)C1. The van der Waals surface area contributed by atoms with Crippen molar-refractivity contribution in [1.82, 2.24) is 4.90 Å². The summed E-state index contributed by atoms with van der Waals surface area (Å²) in [5, 5.41) is 0.239. The molecule has 2 rings (SSSR count). The number of hydrogen-bond acceptors (Lipinski definition) is 4. The summed E-state index contributed by atoms with van der Waals surface area (Å²) in [4.78, 5) is 24.5. The van der Waals surface area contributed by atoms with Gasteiger partial charge in [0, 0.05) is 38.3 Å². The topological polar surface area (TPSA) is 46.6 Å². The van der Waals surface area contributed by atoms with Crippen LogP contribution in [0.4, 0.5) is 0 Å². The first kappa shape index (κ1) is 11.9. The summed E-state index contributed by atoms with van der Waals surface area (Å²) < 4.78 is 5.51. The molecule has 2 atom stereocenters. The Morgan fingerprint density at radius 2 is 2.44 bits per heavy atom. The van der Waals surface area contributed by atoms with Crippen LogP contribution in [0.1, 0.15) is 26.2 Å². The first-order valence-electron chi connectivity index (χ1n) is 5.72. The number of nitrogens with zero attached hydrogens (tertiary/aromatic N) is 1. The summed E-state index contributed by atoms with van der Waals surface area (Å²) >= 11 is 1.29. The molecule has 2 unspecified atom stereocenters. The molecular formula is C11H17NO3S. The number of carbonyl (C=O) groups excluding carboxylic acids is 2. The molecule has 0 aromatic carbocycles. The Balaban J connectivity index is 1.82. The molecule has 2 saturated heterocycles. The van der Waals surface area contributed by atoms with Gasteiger partial charge in [0.1, 0.15) is 0 Å². The minimum atomic E-state index is 0.0942. The Morgan fingerprint density at radius 1 is 1.62 bits per heavy atom. The minimum absolute atomic E-state index is 0.0942. The summed E-state index contributed by atoms with van der Waals surface area (Å²) in [6, 6.07) is 0. The van der Waals surface area contributed by atoms with Crippen LogP contribution in [0, 0.1) is 0 Å². The maximum atomic E-state index is 11.7. The van der Waals surface area contributed by atoms with Gasteiger partial charge in [0.15, 0.2) is 5.12 Å². The van der Waals surface area contributed by atoms with Gasteiger partial charge in [-0.15, -0.1) is 0 Å². The fourth-order valence-corrected chi connectivity index (χ4v) is 3.21. The first-order chi connectivity index (χ1) is 7.65. The molecule has 2 aliphatic heterocycles. The molecule has 0 aromatic heterocycles. The predicted molar refractivity (Wildman–Crippen MR) is 62.2 cm³/mol. The smallest absolute Gasteiger partial charge is 0.223 e. The van der Waals surface area contributed by atoms with Crippen LogP contribution in [-0.4, -0.2) is 47.0 Å². The van der Waals surface area contributed by atoms with E-state index in [1.165, 1.54) is 11.8 Å². The Morgan fingerprint density at radius 3 is 3.06 bits per heavy atom. The van der Waals surface area contributed by atoms with E-state index in [1.54, 1.807) is 6.92 Å². The Kier molecular flexibility index (Phi) is 3.86. The number of hydrogen-bond donors (Lipinski definition) is 0. The first-order valence-corrected chi connectivity index (χ1v) is 6.59. The van der Waals surface area contributed by atoms with Gasteiger partial charge in [0.2, 0.25) is 5.91 Å². The molecule has 90 valence electrons. The Hall–Kier alpha value is -0.550. The molecule has 1 amide bonds. The van der Waals surface area contributed by atoms with Crippen molar-refractivity contribution in [2.45, 2.75) is 37.5 Å². The van der Waals surface area contributed by atoms with Crippen molar-refractivity contribution >= 4 is 22.8 Å². The molecule has 5 heteroatoms. The number of amides is 1. The normalized spacial score (nSPS) is 30.1. The third-order valence-electron chi connectivity index (χ3n) is 2.96. The summed E-state index contributed by atoms with van der Waals surface area (Å²) in [6.45, 7) is 3.77. The zero-order valence-electron chi connectivity index (χ0n) is 9.48. The lowest BCUT2D eigenvalue weighted by atomic mass is 10.2. The Bertz CT molecular complexity index is 289. The van der Waals surface area contributed by atoms with Crippen LogP contribution in [-0.2, 0) is 14.3 Å². The lowest BCUT2D eigenvalue weighted by Gasteiger charge is -2.20. The van der Waals surface area contributed by atoms with Crippen molar-refractivity contribution in [3.8, 4) is 0 Å². The second kappa shape index (κ2) is 5.19. The lowest BCUT2D eigenvalue weighted by Crippen LogP contribution is -2.33. The molecule has 4 nitrogen and oxygen atoms in total. The van der Waals surface area contributed by atoms with Crippen LogP contribution in [0.15, 0.2) is 0 Å². The molecule has 0 saturated carbocycles. The molecule has 0 aliphatic carbocycles. The van der Waals surface area contributed by atoms with Gasteiger partial charge in [-0.2, -0.15) is 0 Å². The third-order valence-corrected chi connectivity index (χ3v) is 3.94. The number of rotatable bonds is 3. The highest BCUT2D eigenvalue weighted by atomic mass is 32.2. The van der Waals surface area contributed by atoms with Gasteiger partial charge in [-0.1, -0.05) is 11.8 Å². The summed E-state index contributed by atoms with van der Waals surface area (Å²) in [7, 11) is 0. The summed E-state index contributed by atoms with van der Waals surface area (Å²) in [5.41, 5.74) is 0. The van der Waals surface area contributed by atoms with Gasteiger partial charge in [-0.05, 0) is 12.8 Å². The molecule has 16 heavy (non-hydrogen) atoms. The maximum Gasteiger partial charge on any atom is 0.223 e. The van der Waals surface area contributed by atoms with Crippen LogP contribution >= 0.6 is 11.8 Å². The highest BCUT2D eigenvalue weighted by Gasteiger charge is 2.32. The van der Waals surface area contributed by atoms with Crippen LogP contribution in [0.5, 0.6) is 0 Å². The maximum absolute atomic E-state index is 11.7. The lowest BCUT2D eigenvalue weighted by molar-refractivity contribution is -0.129. The van der Waals surface area contributed by atoms with Gasteiger partial charge in [-0.3, -0.25) is 9.59 Å². The van der Waals surface area contributed by atoms with Crippen molar-refractivity contribution in [2.75, 3.05) is 19.7 Å². The fraction of sp³-hybridized carbons (Fsp3) is 0.818. The van der Waals surface area contributed by atoms with E-state index in [1.807, 2.05) is 4.90 Å². The average molecular weight is 243 g/mol. The fourth-order valence-electron chi connectivity index (χ4n) is 2.26. The number of ether oxygens (including phenoxy) is 1. The quantitative estimate of drug-likeness (QED) is 0.743. The number of carbonyl (C=O) groups is 2. The van der Waals surface area contributed by atoms with Gasteiger partial charge in [0.05, 0.1) is 6.10 Å². The molecular weight excluding hydrogens is 226 g/mol. The van der Waals surface area contributed by atoms with E-state index in [0.29, 0.717) is 19.5 Å². The zero-order chi connectivity index (χ0) is 11.5. The van der Waals surface area contributed by atoms with E-state index >= 15 is 0 Å². The van der Waals surface area contributed by atoms with Crippen LogP contribution < -0.4 is 0 Å². The monoisotopic (exact) mass is 243 g/mol. The molecule has 0 spiro atoms. The van der Waals surface area contributed by atoms with Crippen molar-refractivity contribution in [2.24, 2.45) is 0 Å². The molecule has 0 radical (unpaired) electrons. The van der Waals surface area contributed by atoms with E-state index in [9.17, 15) is 9.59 Å². The third kappa shape index (κ3) is 2.98. The largest absolute Gasteiger partial charge is 0.376 e. The molecule has 0 bridgehead atoms. The van der Waals surface area contributed by atoms with E-state index in [0.717, 1.165) is 19.4 Å². The van der Waals surface area contributed by atoms with Crippen LogP contribution in [0.2, 0.25) is 0 Å². The predicted octanol–water partition coefficient (Wildman–Crippen LogP) is 1.05. The zero-order valence-corrected chi connectivity index (χ0v) is 10.3.